The number of ether oxygens (including phenoxy) is 1. The number of hydrogen-bond donors (Lipinski definition) is 1. The molecule has 0 spiro atoms. The van der Waals surface area contributed by atoms with Gasteiger partial charge in [0.15, 0.2) is 17.3 Å². The Hall–Kier alpha value is -6.35. The molecule has 0 radical (unpaired) electrons. The molecule has 0 amide bonds. The van der Waals surface area contributed by atoms with Crippen molar-refractivity contribution in [3.63, 3.8) is 0 Å². The molecule has 0 unspecified atom stereocenters. The van der Waals surface area contributed by atoms with Crippen LogP contribution in [-0.4, -0.2) is 42.3 Å². The summed E-state index contributed by atoms with van der Waals surface area (Å²) in [4.78, 5) is 17.2. The van der Waals surface area contributed by atoms with Crippen molar-refractivity contribution in [2.45, 2.75) is 32.4 Å². The second-order valence-electron chi connectivity index (χ2n) is 11.9. The van der Waals surface area contributed by atoms with Crippen LogP contribution in [0.1, 0.15) is 52.4 Å². The Kier molecular flexibility index (Phi) is 9.03. The molecule has 5 aromatic carbocycles. The van der Waals surface area contributed by atoms with Crippen LogP contribution < -0.4 is 5.73 Å². The molecule has 0 bridgehead atoms. The second-order valence-corrected chi connectivity index (χ2v) is 11.9. The lowest BCUT2D eigenvalue weighted by atomic mass is 9.77. The van der Waals surface area contributed by atoms with E-state index in [1.807, 2.05) is 82.9 Å². The molecule has 9 nitrogen and oxygen atoms in total. The van der Waals surface area contributed by atoms with Crippen molar-refractivity contribution in [3.05, 3.63) is 173 Å². The smallest absolute Gasteiger partial charge is 0.358 e. The Morgan fingerprint density at radius 1 is 0.720 bits per heavy atom. The molecule has 9 heteroatoms. The van der Waals surface area contributed by atoms with Crippen LogP contribution in [-0.2, 0) is 23.2 Å². The summed E-state index contributed by atoms with van der Waals surface area (Å²) in [7, 11) is 0. The highest BCUT2D eigenvalue weighted by atomic mass is 16.5. The largest absolute Gasteiger partial charge is 0.461 e. The molecular formula is C41H37N7O2. The fourth-order valence-corrected chi connectivity index (χ4v) is 6.76. The molecule has 7 rings (SSSR count). The van der Waals surface area contributed by atoms with E-state index in [0.717, 1.165) is 44.8 Å². The number of aromatic nitrogens is 6. The van der Waals surface area contributed by atoms with Crippen molar-refractivity contribution < 1.29 is 9.53 Å². The van der Waals surface area contributed by atoms with E-state index in [2.05, 4.69) is 88.1 Å². The van der Waals surface area contributed by atoms with Crippen molar-refractivity contribution >= 4 is 11.8 Å². The van der Waals surface area contributed by atoms with Gasteiger partial charge in [-0.2, -0.15) is 0 Å². The number of benzene rings is 5. The molecule has 0 atom stereocenters. The number of nitrogen functional groups attached to an aromatic ring is 1. The Labute approximate surface area is 291 Å². The summed E-state index contributed by atoms with van der Waals surface area (Å²) in [5.74, 6) is 1.06. The predicted molar refractivity (Wildman–Crippen MR) is 194 cm³/mol. The topological polar surface area (TPSA) is 114 Å². The Balaban J connectivity index is 1.34. The summed E-state index contributed by atoms with van der Waals surface area (Å²) in [5, 5.41) is 13.7. The van der Waals surface area contributed by atoms with Crippen LogP contribution >= 0.6 is 0 Å². The van der Waals surface area contributed by atoms with Gasteiger partial charge in [-0.25, -0.2) is 14.5 Å². The van der Waals surface area contributed by atoms with Crippen LogP contribution in [0.25, 0.3) is 22.5 Å². The summed E-state index contributed by atoms with van der Waals surface area (Å²) in [6, 6.07) is 47.6. The molecule has 7 aromatic rings. The van der Waals surface area contributed by atoms with E-state index < -0.39 is 11.5 Å². The van der Waals surface area contributed by atoms with Crippen LogP contribution in [0, 0.1) is 0 Å². The number of hydrogen-bond acceptors (Lipinski definition) is 7. The molecule has 0 aliphatic carbocycles. The van der Waals surface area contributed by atoms with Crippen molar-refractivity contribution in [1.82, 2.24) is 29.8 Å². The second kappa shape index (κ2) is 14.0. The first-order chi connectivity index (χ1) is 24.6. The number of rotatable bonds is 11. The number of esters is 1. The van der Waals surface area contributed by atoms with Crippen molar-refractivity contribution in [1.29, 1.82) is 0 Å². The highest BCUT2D eigenvalue weighted by Crippen LogP contribution is 2.43. The van der Waals surface area contributed by atoms with E-state index in [-0.39, 0.29) is 18.1 Å². The lowest BCUT2D eigenvalue weighted by molar-refractivity contribution is 0.0515. The predicted octanol–water partition coefficient (Wildman–Crippen LogP) is 7.41. The van der Waals surface area contributed by atoms with Gasteiger partial charge in [0, 0.05) is 18.5 Å². The summed E-state index contributed by atoms with van der Waals surface area (Å²) in [5.41, 5.74) is 12.5. The zero-order chi connectivity index (χ0) is 34.5. The molecule has 0 aliphatic heterocycles. The Morgan fingerprint density at radius 3 is 1.80 bits per heavy atom. The lowest BCUT2D eigenvalue weighted by Crippen LogP contribution is -2.39. The van der Waals surface area contributed by atoms with E-state index in [1.54, 1.807) is 6.92 Å². The minimum absolute atomic E-state index is 0.182. The van der Waals surface area contributed by atoms with E-state index in [4.69, 9.17) is 15.7 Å². The standard InChI is InChI=1S/C41H37N7O2/c1-3-36-43-38(42)37(40(49)50-4-2)47(36)28-29-24-26-30(27-25-29)34-22-14-15-23-35(34)39-44-45-46-48(39)41(31-16-8-5-9-17-31,32-18-10-6-11-19-32)33-20-12-7-13-21-33/h5-27H,3-4,28,42H2,1-2H3. The van der Waals surface area contributed by atoms with Gasteiger partial charge in [0.25, 0.3) is 0 Å². The number of carbonyl (C=O) groups is 1. The average molecular weight is 660 g/mol. The normalized spacial score (nSPS) is 11.4. The van der Waals surface area contributed by atoms with Gasteiger partial charge in [-0.15, -0.1) is 5.10 Å². The summed E-state index contributed by atoms with van der Waals surface area (Å²) in [6.07, 6.45) is 0.625. The summed E-state index contributed by atoms with van der Waals surface area (Å²) >= 11 is 0. The first kappa shape index (κ1) is 32.2. The van der Waals surface area contributed by atoms with Crippen LogP contribution in [0.3, 0.4) is 0 Å². The fraction of sp³-hybridized carbons (Fsp3) is 0.146. The minimum Gasteiger partial charge on any atom is -0.461 e. The van der Waals surface area contributed by atoms with Gasteiger partial charge in [0.2, 0.25) is 0 Å². The monoisotopic (exact) mass is 659 g/mol. The number of tetrazole rings is 1. The number of nitrogens with two attached hydrogens (primary N) is 1. The highest BCUT2D eigenvalue weighted by Gasteiger charge is 2.42. The number of imidazole rings is 1. The molecular weight excluding hydrogens is 622 g/mol. The average Bonchev–Trinajstić information content (AvgIpc) is 3.78. The number of nitrogens with zero attached hydrogens (tertiary/aromatic N) is 6. The maximum atomic E-state index is 12.8. The van der Waals surface area contributed by atoms with Crippen LogP contribution in [0.5, 0.6) is 0 Å². The van der Waals surface area contributed by atoms with Crippen LogP contribution in [0.4, 0.5) is 5.82 Å². The van der Waals surface area contributed by atoms with Gasteiger partial charge < -0.3 is 15.0 Å². The maximum Gasteiger partial charge on any atom is 0.358 e. The third-order valence-electron chi connectivity index (χ3n) is 8.99. The molecule has 2 aromatic heterocycles. The molecule has 248 valence electrons. The SMILES string of the molecule is CCOC(=O)c1c(N)nc(CC)n1Cc1ccc(-c2ccccc2-c2nnnn2C(c2ccccc2)(c2ccccc2)c2ccccc2)cc1. The summed E-state index contributed by atoms with van der Waals surface area (Å²) < 4.78 is 9.09. The molecule has 0 saturated carbocycles. The number of carbonyl (C=O) groups excluding carboxylic acids is 1. The highest BCUT2D eigenvalue weighted by molar-refractivity contribution is 5.92. The van der Waals surface area contributed by atoms with Gasteiger partial charge in [-0.3, -0.25) is 0 Å². The summed E-state index contributed by atoms with van der Waals surface area (Å²) in [6.45, 7) is 4.44. The fourth-order valence-electron chi connectivity index (χ4n) is 6.76. The third kappa shape index (κ3) is 5.72. The van der Waals surface area contributed by atoms with Crippen molar-refractivity contribution in [2.24, 2.45) is 0 Å². The van der Waals surface area contributed by atoms with Gasteiger partial charge in [-0.1, -0.05) is 146 Å². The van der Waals surface area contributed by atoms with E-state index in [0.29, 0.717) is 18.8 Å². The first-order valence-electron chi connectivity index (χ1n) is 16.7. The minimum atomic E-state index is -0.875. The number of aryl methyl sites for hydroxylation is 1. The van der Waals surface area contributed by atoms with E-state index in [9.17, 15) is 4.79 Å². The Bertz CT molecular complexity index is 2110. The third-order valence-corrected chi connectivity index (χ3v) is 8.99. The van der Waals surface area contributed by atoms with Gasteiger partial charge in [0.1, 0.15) is 11.4 Å². The van der Waals surface area contributed by atoms with E-state index in [1.165, 1.54) is 0 Å². The van der Waals surface area contributed by atoms with Gasteiger partial charge in [-0.05, 0) is 50.7 Å². The zero-order valence-electron chi connectivity index (χ0n) is 28.0. The molecule has 2 heterocycles. The zero-order valence-corrected chi connectivity index (χ0v) is 28.0. The van der Waals surface area contributed by atoms with Crippen molar-refractivity contribution in [2.75, 3.05) is 12.3 Å². The maximum absolute atomic E-state index is 12.8. The molecule has 50 heavy (non-hydrogen) atoms. The lowest BCUT2D eigenvalue weighted by Gasteiger charge is -2.36. The van der Waals surface area contributed by atoms with Crippen LogP contribution in [0.15, 0.2) is 140 Å². The molecule has 0 saturated heterocycles. The quantitative estimate of drug-likeness (QED) is 0.114. The molecule has 2 N–H and O–H groups in total. The van der Waals surface area contributed by atoms with Crippen LogP contribution in [0.2, 0.25) is 0 Å². The molecule has 0 fully saturated rings. The van der Waals surface area contributed by atoms with Crippen molar-refractivity contribution in [3.8, 4) is 22.5 Å². The Morgan fingerprint density at radius 2 is 1.26 bits per heavy atom. The number of anilines is 1. The van der Waals surface area contributed by atoms with Gasteiger partial charge >= 0.3 is 5.97 Å². The van der Waals surface area contributed by atoms with E-state index >= 15 is 0 Å². The van der Waals surface area contributed by atoms with Gasteiger partial charge in [0.05, 0.1) is 6.61 Å². The molecule has 0 aliphatic rings. The first-order valence-corrected chi connectivity index (χ1v) is 16.7.